The normalized spacial score (nSPS) is 13.3. The maximum atomic E-state index is 12.8. The number of unbranched alkanes of at least 4 members (excludes halogenated alkanes) is 6. The van der Waals surface area contributed by atoms with Gasteiger partial charge in [-0.15, -0.1) is 0 Å². The molecule has 0 aliphatic heterocycles. The van der Waals surface area contributed by atoms with Crippen LogP contribution in [0.15, 0.2) is 54.6 Å². The second kappa shape index (κ2) is 15.6. The summed E-state index contributed by atoms with van der Waals surface area (Å²) < 4.78 is 12.5. The average Bonchev–Trinajstić information content (AvgIpc) is 2.86. The van der Waals surface area contributed by atoms with E-state index >= 15 is 0 Å². The maximum absolute atomic E-state index is 12.8. The molecule has 194 valence electrons. The topological polar surface area (TPSA) is 35.5 Å². The molecule has 0 N–H and O–H groups in total. The lowest BCUT2D eigenvalue weighted by atomic mass is 10.0. The smallest absolute Gasteiger partial charge is 0.364 e. The van der Waals surface area contributed by atoms with Crippen molar-refractivity contribution in [1.29, 1.82) is 0 Å². The van der Waals surface area contributed by atoms with Gasteiger partial charge < -0.3 is 14.0 Å². The molecule has 2 rings (SSSR count). The van der Waals surface area contributed by atoms with Crippen LogP contribution in [-0.2, 0) is 22.5 Å². The fraction of sp³-hybridized carbons (Fsp3) is 0.581. The molecule has 2 atom stereocenters. The number of carbonyl (C=O) groups excluding carboxylic acids is 1. The van der Waals surface area contributed by atoms with E-state index in [0.717, 1.165) is 25.1 Å². The van der Waals surface area contributed by atoms with Gasteiger partial charge in [0.05, 0.1) is 14.1 Å². The number of nitrogens with zero attached hydrogens (tertiary/aromatic N) is 1. The van der Waals surface area contributed by atoms with Crippen LogP contribution in [0.25, 0.3) is 0 Å². The molecule has 0 spiro atoms. The van der Waals surface area contributed by atoms with Gasteiger partial charge in [-0.05, 0) is 43.9 Å². The van der Waals surface area contributed by atoms with E-state index < -0.39 is 0 Å². The summed E-state index contributed by atoms with van der Waals surface area (Å²) in [5, 5.41) is 0. The Bertz CT molecular complexity index is 849. The van der Waals surface area contributed by atoms with Crippen LogP contribution in [0.5, 0.6) is 5.75 Å². The van der Waals surface area contributed by atoms with Crippen molar-refractivity contribution in [3.05, 3.63) is 65.7 Å². The Morgan fingerprint density at radius 1 is 0.857 bits per heavy atom. The van der Waals surface area contributed by atoms with Gasteiger partial charge in [0.2, 0.25) is 0 Å². The van der Waals surface area contributed by atoms with E-state index in [0.29, 0.717) is 4.48 Å². The first-order valence-corrected chi connectivity index (χ1v) is 13.6. The fourth-order valence-electron chi connectivity index (χ4n) is 4.26. The van der Waals surface area contributed by atoms with Gasteiger partial charge in [0, 0.05) is 5.56 Å². The molecule has 2 aromatic rings. The zero-order valence-electron chi connectivity index (χ0n) is 22.8. The molecule has 0 aliphatic rings. The minimum absolute atomic E-state index is 0.148. The van der Waals surface area contributed by atoms with Gasteiger partial charge in [0.25, 0.3) is 0 Å². The van der Waals surface area contributed by atoms with Crippen molar-refractivity contribution in [2.24, 2.45) is 0 Å². The lowest BCUT2D eigenvalue weighted by molar-refractivity contribution is -0.917. The predicted octanol–water partition coefficient (Wildman–Crippen LogP) is 7.35. The number of ether oxygens (including phenoxy) is 2. The van der Waals surface area contributed by atoms with Crippen LogP contribution >= 0.6 is 0 Å². The molecular weight excluding hydrogens is 434 g/mol. The van der Waals surface area contributed by atoms with E-state index in [9.17, 15) is 4.79 Å². The van der Waals surface area contributed by atoms with Crippen molar-refractivity contribution in [3.63, 3.8) is 0 Å². The highest BCUT2D eigenvalue weighted by molar-refractivity contribution is 5.74. The zero-order valence-corrected chi connectivity index (χ0v) is 22.8. The Kier molecular flexibility index (Phi) is 12.9. The third kappa shape index (κ3) is 10.9. The molecule has 0 fully saturated rings. The van der Waals surface area contributed by atoms with Crippen LogP contribution in [0.1, 0.15) is 83.3 Å². The molecule has 35 heavy (non-hydrogen) atoms. The Labute approximate surface area is 214 Å². The summed E-state index contributed by atoms with van der Waals surface area (Å²) in [6.07, 6.45) is 10.9. The molecular formula is C31H48NO3+. The first-order chi connectivity index (χ1) is 16.9. The number of carbonyl (C=O) groups is 1. The van der Waals surface area contributed by atoms with E-state index in [1.807, 2.05) is 31.2 Å². The summed E-state index contributed by atoms with van der Waals surface area (Å²) in [4.78, 5) is 12.8. The number of hydrogen-bond acceptors (Lipinski definition) is 3. The first kappa shape index (κ1) is 28.9. The van der Waals surface area contributed by atoms with Gasteiger partial charge in [-0.3, -0.25) is 0 Å². The van der Waals surface area contributed by atoms with E-state index in [2.05, 4.69) is 58.3 Å². The SMILES string of the molecule is CCCCCCCCCc1cccc(OC(CC)COC(=O)C(C)[N+](C)(C)Cc2ccccc2)c1. The van der Waals surface area contributed by atoms with Gasteiger partial charge in [0.1, 0.15) is 25.0 Å². The summed E-state index contributed by atoms with van der Waals surface area (Å²) in [6.45, 7) is 7.32. The van der Waals surface area contributed by atoms with Gasteiger partial charge in [-0.25, -0.2) is 4.79 Å². The van der Waals surface area contributed by atoms with Crippen molar-refractivity contribution in [1.82, 2.24) is 0 Å². The molecule has 2 unspecified atom stereocenters. The predicted molar refractivity (Wildman–Crippen MR) is 146 cm³/mol. The second-order valence-electron chi connectivity index (χ2n) is 10.4. The summed E-state index contributed by atoms with van der Waals surface area (Å²) in [7, 11) is 4.15. The molecule has 0 saturated carbocycles. The molecule has 2 aromatic carbocycles. The fourth-order valence-corrected chi connectivity index (χ4v) is 4.26. The summed E-state index contributed by atoms with van der Waals surface area (Å²) >= 11 is 0. The van der Waals surface area contributed by atoms with Gasteiger partial charge in [-0.1, -0.05) is 94.8 Å². The first-order valence-electron chi connectivity index (χ1n) is 13.6. The third-order valence-electron chi connectivity index (χ3n) is 6.96. The van der Waals surface area contributed by atoms with E-state index in [-0.39, 0.29) is 24.7 Å². The summed E-state index contributed by atoms with van der Waals surface area (Å²) in [5.41, 5.74) is 2.53. The Balaban J connectivity index is 1.79. The van der Waals surface area contributed by atoms with Gasteiger partial charge in [-0.2, -0.15) is 0 Å². The number of aryl methyl sites for hydroxylation is 1. The molecule has 0 bridgehead atoms. The molecule has 0 heterocycles. The van der Waals surface area contributed by atoms with Gasteiger partial charge in [0.15, 0.2) is 6.04 Å². The van der Waals surface area contributed by atoms with Crippen molar-refractivity contribution in [3.8, 4) is 5.75 Å². The number of rotatable bonds is 17. The quantitative estimate of drug-likeness (QED) is 0.134. The van der Waals surface area contributed by atoms with Gasteiger partial charge >= 0.3 is 5.97 Å². The van der Waals surface area contributed by atoms with E-state index in [1.54, 1.807) is 0 Å². The third-order valence-corrected chi connectivity index (χ3v) is 6.96. The maximum Gasteiger partial charge on any atom is 0.364 e. The van der Waals surface area contributed by atoms with Crippen LogP contribution in [0.4, 0.5) is 0 Å². The van der Waals surface area contributed by atoms with Crippen LogP contribution in [0.3, 0.4) is 0 Å². The van der Waals surface area contributed by atoms with Crippen LogP contribution in [-0.4, -0.2) is 43.3 Å². The highest BCUT2D eigenvalue weighted by Gasteiger charge is 2.32. The lowest BCUT2D eigenvalue weighted by Crippen LogP contribution is -2.51. The Morgan fingerprint density at radius 2 is 1.51 bits per heavy atom. The number of esters is 1. The van der Waals surface area contributed by atoms with Crippen molar-refractivity contribution >= 4 is 5.97 Å². The molecule has 4 nitrogen and oxygen atoms in total. The van der Waals surface area contributed by atoms with Crippen molar-refractivity contribution in [2.75, 3.05) is 20.7 Å². The molecule has 4 heteroatoms. The monoisotopic (exact) mass is 482 g/mol. The zero-order chi connectivity index (χ0) is 25.5. The molecule has 0 aromatic heterocycles. The minimum Gasteiger partial charge on any atom is -0.487 e. The van der Waals surface area contributed by atoms with Crippen LogP contribution < -0.4 is 4.74 Å². The molecule has 0 amide bonds. The molecule has 0 aliphatic carbocycles. The standard InChI is InChI=1S/C31H48NO3/c1-6-8-9-10-11-12-14-18-27-21-17-22-30(23-27)35-29(7-2)25-34-31(33)26(3)32(4,5)24-28-19-15-13-16-20-28/h13,15-17,19-23,26,29H,6-12,14,18,24-25H2,1-5H3/q+1. The minimum atomic E-state index is -0.266. The number of likely N-dealkylation sites (N-methyl/N-ethyl adjacent to an activating group) is 1. The highest BCUT2D eigenvalue weighted by Crippen LogP contribution is 2.20. The van der Waals surface area contributed by atoms with Crippen LogP contribution in [0.2, 0.25) is 0 Å². The number of hydrogen-bond donors (Lipinski definition) is 0. The lowest BCUT2D eigenvalue weighted by Gasteiger charge is -2.34. The van der Waals surface area contributed by atoms with E-state index in [1.165, 1.54) is 56.1 Å². The van der Waals surface area contributed by atoms with E-state index in [4.69, 9.17) is 9.47 Å². The Hall–Kier alpha value is -2.33. The summed E-state index contributed by atoms with van der Waals surface area (Å²) in [6, 6.07) is 18.4. The second-order valence-corrected chi connectivity index (χ2v) is 10.4. The largest absolute Gasteiger partial charge is 0.487 e. The average molecular weight is 483 g/mol. The Morgan fingerprint density at radius 3 is 2.20 bits per heavy atom. The van der Waals surface area contributed by atoms with Crippen molar-refractivity contribution in [2.45, 2.75) is 97.2 Å². The highest BCUT2D eigenvalue weighted by atomic mass is 16.6. The van der Waals surface area contributed by atoms with Crippen molar-refractivity contribution < 1.29 is 18.8 Å². The molecule has 0 saturated heterocycles. The number of benzene rings is 2. The molecule has 0 radical (unpaired) electrons. The summed E-state index contributed by atoms with van der Waals surface area (Å²) in [5.74, 6) is 0.683. The van der Waals surface area contributed by atoms with Crippen LogP contribution in [0, 0.1) is 0 Å². The number of quaternary nitrogens is 1.